The van der Waals surface area contributed by atoms with Crippen molar-refractivity contribution in [2.45, 2.75) is 39.7 Å². The number of carbonyl (C=O) groups is 1. The minimum absolute atomic E-state index is 0.0130. The maximum absolute atomic E-state index is 13.1. The first-order valence-corrected chi connectivity index (χ1v) is 7.15. The maximum Gasteiger partial charge on any atom is 0.311 e. The highest BCUT2D eigenvalue weighted by Crippen LogP contribution is 2.27. The molecule has 7 heteroatoms. The van der Waals surface area contributed by atoms with E-state index in [0.717, 1.165) is 31.0 Å². The first-order valence-electron chi connectivity index (χ1n) is 7.15. The first-order chi connectivity index (χ1) is 10.3. The van der Waals surface area contributed by atoms with Crippen LogP contribution < -0.4 is 10.1 Å². The van der Waals surface area contributed by atoms with Crippen LogP contribution in [0.4, 0.5) is 10.1 Å². The van der Waals surface area contributed by atoms with Gasteiger partial charge in [-0.1, -0.05) is 13.8 Å². The summed E-state index contributed by atoms with van der Waals surface area (Å²) in [6.07, 6.45) is 1.82. The summed E-state index contributed by atoms with van der Waals surface area (Å²) in [5, 5.41) is 13.5. The molecule has 1 aromatic carbocycles. The summed E-state index contributed by atoms with van der Waals surface area (Å²) in [7, 11) is 0. The zero-order valence-corrected chi connectivity index (χ0v) is 13.0. The Morgan fingerprint density at radius 2 is 2.05 bits per heavy atom. The number of halogens is 1. The largest absolute Gasteiger partial charge is 0.477 e. The third-order valence-corrected chi connectivity index (χ3v) is 3.06. The fourth-order valence-corrected chi connectivity index (χ4v) is 1.87. The molecule has 0 saturated heterocycles. The van der Waals surface area contributed by atoms with E-state index < -0.39 is 23.3 Å². The number of nitro benzene ring substituents is 1. The number of nitro groups is 1. The van der Waals surface area contributed by atoms with E-state index >= 15 is 0 Å². The maximum atomic E-state index is 13.1. The molecule has 1 rings (SSSR count). The number of rotatable bonds is 8. The molecule has 0 heterocycles. The molecule has 0 saturated carbocycles. The Morgan fingerprint density at radius 1 is 1.36 bits per heavy atom. The van der Waals surface area contributed by atoms with Crippen LogP contribution in [0.15, 0.2) is 18.2 Å². The predicted molar refractivity (Wildman–Crippen MR) is 80.2 cm³/mol. The Kier molecular flexibility index (Phi) is 6.75. The van der Waals surface area contributed by atoms with E-state index in [4.69, 9.17) is 4.74 Å². The molecule has 1 unspecified atom stereocenters. The van der Waals surface area contributed by atoms with Crippen molar-refractivity contribution >= 4 is 11.6 Å². The van der Waals surface area contributed by atoms with Gasteiger partial charge < -0.3 is 10.1 Å². The zero-order chi connectivity index (χ0) is 16.7. The van der Waals surface area contributed by atoms with Gasteiger partial charge in [0, 0.05) is 18.2 Å². The number of nitrogens with zero attached hydrogens (tertiary/aromatic N) is 1. The van der Waals surface area contributed by atoms with Crippen molar-refractivity contribution in [1.82, 2.24) is 5.32 Å². The second-order valence-corrected chi connectivity index (χ2v) is 5.60. The van der Waals surface area contributed by atoms with Gasteiger partial charge in [0.15, 0.2) is 6.61 Å². The van der Waals surface area contributed by atoms with Crippen molar-refractivity contribution in [3.63, 3.8) is 0 Å². The minimum atomic E-state index is -0.683. The van der Waals surface area contributed by atoms with Gasteiger partial charge >= 0.3 is 5.69 Å². The Morgan fingerprint density at radius 3 is 2.64 bits per heavy atom. The number of nitrogens with one attached hydrogen (secondary N) is 1. The van der Waals surface area contributed by atoms with Crippen molar-refractivity contribution in [2.24, 2.45) is 5.92 Å². The summed E-state index contributed by atoms with van der Waals surface area (Å²) in [5.41, 5.74) is -0.373. The molecule has 1 N–H and O–H groups in total. The molecule has 1 amide bonds. The molecule has 22 heavy (non-hydrogen) atoms. The highest BCUT2D eigenvalue weighted by Gasteiger charge is 2.17. The highest BCUT2D eigenvalue weighted by atomic mass is 19.1. The first kappa shape index (κ1) is 17.9. The number of ether oxygens (including phenoxy) is 1. The Balaban J connectivity index is 2.54. The van der Waals surface area contributed by atoms with Crippen molar-refractivity contribution < 1.29 is 18.8 Å². The molecular weight excluding hydrogens is 291 g/mol. The zero-order valence-electron chi connectivity index (χ0n) is 13.0. The van der Waals surface area contributed by atoms with E-state index in [0.29, 0.717) is 5.92 Å². The second kappa shape index (κ2) is 8.31. The average molecular weight is 312 g/mol. The van der Waals surface area contributed by atoms with Gasteiger partial charge in [-0.05, 0) is 31.7 Å². The van der Waals surface area contributed by atoms with Crippen LogP contribution in [0.25, 0.3) is 0 Å². The molecular formula is C15H21FN2O4. The molecule has 0 spiro atoms. The molecule has 6 nitrogen and oxygen atoms in total. The van der Waals surface area contributed by atoms with Crippen LogP contribution in [0.3, 0.4) is 0 Å². The number of benzene rings is 1. The molecule has 0 aliphatic heterocycles. The third-order valence-electron chi connectivity index (χ3n) is 3.06. The molecule has 1 aromatic rings. The number of hydrogen-bond acceptors (Lipinski definition) is 4. The Hall–Kier alpha value is -2.18. The lowest BCUT2D eigenvalue weighted by atomic mass is 10.0. The van der Waals surface area contributed by atoms with Crippen LogP contribution in [0.2, 0.25) is 0 Å². The van der Waals surface area contributed by atoms with Gasteiger partial charge in [0.2, 0.25) is 5.75 Å². The van der Waals surface area contributed by atoms with E-state index in [1.807, 2.05) is 6.92 Å². The summed E-state index contributed by atoms with van der Waals surface area (Å²) in [5.74, 6) is -0.762. The van der Waals surface area contributed by atoms with Gasteiger partial charge in [-0.15, -0.1) is 0 Å². The lowest BCUT2D eigenvalue weighted by Crippen LogP contribution is -2.36. The fourth-order valence-electron chi connectivity index (χ4n) is 1.87. The molecule has 0 radical (unpaired) electrons. The third kappa shape index (κ3) is 6.07. The molecule has 1 atom stereocenters. The van der Waals surface area contributed by atoms with E-state index in [-0.39, 0.29) is 17.5 Å². The van der Waals surface area contributed by atoms with Gasteiger partial charge in [0.25, 0.3) is 5.91 Å². The summed E-state index contributed by atoms with van der Waals surface area (Å²) >= 11 is 0. The predicted octanol–water partition coefficient (Wildman–Crippen LogP) is 3.05. The van der Waals surface area contributed by atoms with Crippen molar-refractivity contribution in [2.75, 3.05) is 6.61 Å². The molecule has 0 aromatic heterocycles. The molecule has 0 fully saturated rings. The second-order valence-electron chi connectivity index (χ2n) is 5.60. The van der Waals surface area contributed by atoms with Crippen LogP contribution in [0.5, 0.6) is 5.75 Å². The number of carbonyl (C=O) groups excluding carboxylic acids is 1. The lowest BCUT2D eigenvalue weighted by Gasteiger charge is -2.15. The summed E-state index contributed by atoms with van der Waals surface area (Å²) in [4.78, 5) is 21.9. The van der Waals surface area contributed by atoms with Gasteiger partial charge in [0.05, 0.1) is 4.92 Å². The average Bonchev–Trinajstić information content (AvgIpc) is 2.42. The fraction of sp³-hybridized carbons (Fsp3) is 0.533. The summed E-state index contributed by atoms with van der Waals surface area (Å²) in [6, 6.07) is 2.86. The highest BCUT2D eigenvalue weighted by molar-refractivity contribution is 5.77. The standard InChI is InChI=1S/C15H21FN2O4/c1-10(2)4-5-11(3)17-15(19)9-22-14-8-12(16)6-7-13(14)18(20)21/h6-8,10-11H,4-5,9H2,1-3H3,(H,17,19). The van der Waals surface area contributed by atoms with E-state index in [1.165, 1.54) is 0 Å². The smallest absolute Gasteiger partial charge is 0.311 e. The molecule has 0 aliphatic rings. The summed E-state index contributed by atoms with van der Waals surface area (Å²) in [6.45, 7) is 5.68. The van der Waals surface area contributed by atoms with Crippen LogP contribution in [-0.4, -0.2) is 23.5 Å². The van der Waals surface area contributed by atoms with Crippen molar-refractivity contribution in [3.8, 4) is 5.75 Å². The van der Waals surface area contributed by atoms with Gasteiger partial charge in [-0.3, -0.25) is 14.9 Å². The van der Waals surface area contributed by atoms with Gasteiger partial charge in [-0.2, -0.15) is 0 Å². The number of hydrogen-bond donors (Lipinski definition) is 1. The topological polar surface area (TPSA) is 81.5 Å². The van der Waals surface area contributed by atoms with Gasteiger partial charge in [-0.25, -0.2) is 4.39 Å². The summed E-state index contributed by atoms with van der Waals surface area (Å²) < 4.78 is 18.2. The SMILES string of the molecule is CC(C)CCC(C)NC(=O)COc1cc(F)ccc1[N+](=O)[O-]. The Labute approximate surface area is 128 Å². The molecule has 0 aliphatic carbocycles. The molecule has 122 valence electrons. The van der Waals surface area contributed by atoms with Crippen LogP contribution in [0, 0.1) is 21.8 Å². The van der Waals surface area contributed by atoms with E-state index in [1.54, 1.807) is 0 Å². The molecule has 0 bridgehead atoms. The van der Waals surface area contributed by atoms with E-state index in [9.17, 15) is 19.3 Å². The van der Waals surface area contributed by atoms with Crippen LogP contribution in [-0.2, 0) is 4.79 Å². The quantitative estimate of drug-likeness (QED) is 0.591. The minimum Gasteiger partial charge on any atom is -0.477 e. The Bertz CT molecular complexity index is 534. The van der Waals surface area contributed by atoms with E-state index in [2.05, 4.69) is 19.2 Å². The van der Waals surface area contributed by atoms with Gasteiger partial charge in [0.1, 0.15) is 5.82 Å². The lowest BCUT2D eigenvalue weighted by molar-refractivity contribution is -0.385. The van der Waals surface area contributed by atoms with Crippen LogP contribution >= 0.6 is 0 Å². The van der Waals surface area contributed by atoms with Crippen molar-refractivity contribution in [3.05, 3.63) is 34.1 Å². The monoisotopic (exact) mass is 312 g/mol. The normalized spacial score (nSPS) is 12.0. The number of amides is 1. The van der Waals surface area contributed by atoms with Crippen LogP contribution in [0.1, 0.15) is 33.6 Å². The van der Waals surface area contributed by atoms with Crippen molar-refractivity contribution in [1.29, 1.82) is 0 Å².